The van der Waals surface area contributed by atoms with Gasteiger partial charge < -0.3 is 15.6 Å². The fourth-order valence-corrected chi connectivity index (χ4v) is 4.84. The predicted molar refractivity (Wildman–Crippen MR) is 108 cm³/mol. The zero-order valence-corrected chi connectivity index (χ0v) is 17.2. The number of hydrogen-bond donors (Lipinski definition) is 2. The topological polar surface area (TPSA) is 113 Å². The molecule has 0 atom stereocenters. The molecule has 2 amide bonds. The van der Waals surface area contributed by atoms with Gasteiger partial charge in [0.25, 0.3) is 11.8 Å². The van der Waals surface area contributed by atoms with Gasteiger partial charge in [-0.05, 0) is 30.7 Å². The number of carbonyl (C=O) groups excluding carboxylic acids is 2. The van der Waals surface area contributed by atoms with Crippen LogP contribution in [-0.4, -0.2) is 37.2 Å². The van der Waals surface area contributed by atoms with Gasteiger partial charge in [0.15, 0.2) is 0 Å². The summed E-state index contributed by atoms with van der Waals surface area (Å²) in [4.78, 5) is 28.3. The highest BCUT2D eigenvalue weighted by atomic mass is 32.2. The minimum Gasteiger partial charge on any atom is -0.364 e. The van der Waals surface area contributed by atoms with Gasteiger partial charge in [0.1, 0.15) is 22.1 Å². The lowest BCUT2D eigenvalue weighted by Crippen LogP contribution is -2.27. The van der Waals surface area contributed by atoms with Crippen LogP contribution >= 0.6 is 0 Å². The molecule has 0 aliphatic carbocycles. The van der Waals surface area contributed by atoms with Gasteiger partial charge in [0, 0.05) is 19.2 Å². The highest BCUT2D eigenvalue weighted by Crippen LogP contribution is 2.30. The summed E-state index contributed by atoms with van der Waals surface area (Å²) in [6.07, 6.45) is 0. The van der Waals surface area contributed by atoms with Crippen LogP contribution in [0.3, 0.4) is 0 Å². The lowest BCUT2D eigenvalue weighted by molar-refractivity contribution is 0.0778. The summed E-state index contributed by atoms with van der Waals surface area (Å²) in [6, 6.07) is 13.5. The van der Waals surface area contributed by atoms with E-state index in [9.17, 15) is 22.4 Å². The molecule has 7 nitrogen and oxygen atoms in total. The van der Waals surface area contributed by atoms with Crippen LogP contribution in [0.15, 0.2) is 64.4 Å². The fourth-order valence-electron chi connectivity index (χ4n) is 3.16. The minimum atomic E-state index is -4.11. The first-order valence-electron chi connectivity index (χ1n) is 8.96. The van der Waals surface area contributed by atoms with Gasteiger partial charge in [0.05, 0.1) is 4.90 Å². The second-order valence-corrected chi connectivity index (χ2v) is 8.65. The molecule has 3 N–H and O–H groups in total. The van der Waals surface area contributed by atoms with Crippen molar-refractivity contribution in [2.24, 2.45) is 5.73 Å². The van der Waals surface area contributed by atoms with E-state index in [4.69, 9.17) is 5.73 Å². The number of halogens is 1. The molecule has 0 spiro atoms. The molecule has 0 unspecified atom stereocenters. The lowest BCUT2D eigenvalue weighted by atomic mass is 10.2. The van der Waals surface area contributed by atoms with Crippen LogP contribution in [-0.2, 0) is 16.4 Å². The largest absolute Gasteiger partial charge is 0.364 e. The molecule has 3 rings (SSSR count). The first kappa shape index (κ1) is 21.3. The van der Waals surface area contributed by atoms with Gasteiger partial charge >= 0.3 is 0 Å². The van der Waals surface area contributed by atoms with Crippen LogP contribution in [0.4, 0.5) is 4.39 Å². The van der Waals surface area contributed by atoms with Crippen molar-refractivity contribution in [1.82, 2.24) is 9.88 Å². The van der Waals surface area contributed by atoms with E-state index in [0.29, 0.717) is 5.56 Å². The second-order valence-electron chi connectivity index (χ2n) is 6.76. The van der Waals surface area contributed by atoms with Gasteiger partial charge in [-0.25, -0.2) is 12.8 Å². The third-order valence-corrected chi connectivity index (χ3v) is 6.63. The number of aromatic nitrogens is 1. The first-order valence-corrected chi connectivity index (χ1v) is 10.4. The molecule has 2 aromatic carbocycles. The molecule has 1 aromatic heterocycles. The summed E-state index contributed by atoms with van der Waals surface area (Å²) in [5.41, 5.74) is 5.27. The van der Waals surface area contributed by atoms with E-state index >= 15 is 0 Å². The number of nitrogens with two attached hydrogens (primary N) is 1. The maximum Gasteiger partial charge on any atom is 0.270 e. The quantitative estimate of drug-likeness (QED) is 0.627. The van der Waals surface area contributed by atoms with Crippen molar-refractivity contribution in [2.45, 2.75) is 23.3 Å². The number of primary amides is 1. The maximum atomic E-state index is 13.9. The van der Waals surface area contributed by atoms with Crippen molar-refractivity contribution >= 4 is 21.7 Å². The number of carbonyl (C=O) groups is 2. The number of hydrogen-bond acceptors (Lipinski definition) is 4. The number of rotatable bonds is 6. The van der Waals surface area contributed by atoms with Crippen LogP contribution in [0.2, 0.25) is 0 Å². The maximum absolute atomic E-state index is 13.9. The van der Waals surface area contributed by atoms with Gasteiger partial charge in [-0.3, -0.25) is 9.59 Å². The molecule has 0 aliphatic rings. The van der Waals surface area contributed by atoms with E-state index in [1.165, 1.54) is 43.1 Å². The third-order valence-electron chi connectivity index (χ3n) is 4.69. The number of nitrogens with one attached hydrogen (secondary N) is 1. The third kappa shape index (κ3) is 3.84. The van der Waals surface area contributed by atoms with Crippen molar-refractivity contribution in [1.29, 1.82) is 0 Å². The van der Waals surface area contributed by atoms with Crippen LogP contribution < -0.4 is 5.73 Å². The molecule has 0 fully saturated rings. The molecule has 0 saturated heterocycles. The van der Waals surface area contributed by atoms with Crippen LogP contribution in [0.5, 0.6) is 0 Å². The smallest absolute Gasteiger partial charge is 0.270 e. The Labute approximate surface area is 173 Å². The summed E-state index contributed by atoms with van der Waals surface area (Å²) in [6.45, 7) is 1.37. The van der Waals surface area contributed by atoms with Gasteiger partial charge in [0.2, 0.25) is 9.84 Å². The van der Waals surface area contributed by atoms with Crippen molar-refractivity contribution < 1.29 is 22.4 Å². The molecule has 0 aliphatic heterocycles. The summed E-state index contributed by atoms with van der Waals surface area (Å²) >= 11 is 0. The molecule has 30 heavy (non-hydrogen) atoms. The van der Waals surface area contributed by atoms with Crippen molar-refractivity contribution in [2.75, 3.05) is 7.05 Å². The fraction of sp³-hybridized carbons (Fsp3) is 0.143. The Morgan fingerprint density at radius 2 is 1.63 bits per heavy atom. The Bertz CT molecular complexity index is 1220. The van der Waals surface area contributed by atoms with E-state index in [2.05, 4.69) is 4.98 Å². The number of amides is 2. The second kappa shape index (κ2) is 8.11. The number of sulfone groups is 1. The highest BCUT2D eigenvalue weighted by molar-refractivity contribution is 7.91. The Morgan fingerprint density at radius 3 is 2.23 bits per heavy atom. The summed E-state index contributed by atoms with van der Waals surface area (Å²) in [7, 11) is -2.66. The number of H-pyrrole nitrogens is 1. The number of nitrogens with zero attached hydrogens (tertiary/aromatic N) is 1. The summed E-state index contributed by atoms with van der Waals surface area (Å²) < 4.78 is 40.2. The van der Waals surface area contributed by atoms with Crippen molar-refractivity contribution in [3.05, 3.63) is 82.9 Å². The Balaban J connectivity index is 2.05. The minimum absolute atomic E-state index is 0.0340. The zero-order valence-electron chi connectivity index (χ0n) is 16.3. The number of aromatic amines is 1. The Hall–Kier alpha value is -3.46. The predicted octanol–water partition coefficient (Wildman–Crippen LogP) is 2.67. The van der Waals surface area contributed by atoms with Crippen LogP contribution in [0, 0.1) is 12.7 Å². The molecule has 1 heterocycles. The lowest BCUT2D eigenvalue weighted by Gasteiger charge is -2.17. The molecule has 0 bridgehead atoms. The van der Waals surface area contributed by atoms with Gasteiger partial charge in [-0.2, -0.15) is 0 Å². The summed E-state index contributed by atoms with van der Waals surface area (Å²) in [5, 5.41) is 0. The Kier molecular flexibility index (Phi) is 5.75. The van der Waals surface area contributed by atoms with E-state index in [1.807, 2.05) is 0 Å². The van der Waals surface area contributed by atoms with Crippen LogP contribution in [0.1, 0.15) is 32.1 Å². The van der Waals surface area contributed by atoms with E-state index in [1.54, 1.807) is 30.3 Å². The molecule has 9 heteroatoms. The van der Waals surface area contributed by atoms with Crippen LogP contribution in [0.25, 0.3) is 0 Å². The Morgan fingerprint density at radius 1 is 1.03 bits per heavy atom. The van der Waals surface area contributed by atoms with Crippen molar-refractivity contribution in [3.8, 4) is 0 Å². The van der Waals surface area contributed by atoms with E-state index in [0.717, 1.165) is 0 Å². The monoisotopic (exact) mass is 429 g/mol. The normalized spacial score (nSPS) is 11.3. The summed E-state index contributed by atoms with van der Waals surface area (Å²) in [5.74, 6) is -2.08. The van der Waals surface area contributed by atoms with Crippen molar-refractivity contribution in [3.63, 3.8) is 0 Å². The standard InChI is InChI=1S/C21H20FN3O4S/c1-13-17(21(27)25(2)12-14-8-6-7-11-16(14)22)24-18(20(23)26)19(13)30(28,29)15-9-4-3-5-10-15/h3-11,24H,12H2,1-2H3,(H2,23,26). The molecular formula is C21H20FN3O4S. The SMILES string of the molecule is Cc1c(C(=O)N(C)Cc2ccccc2F)[nH]c(C(N)=O)c1S(=O)(=O)c1ccccc1. The molecule has 3 aromatic rings. The highest BCUT2D eigenvalue weighted by Gasteiger charge is 2.32. The molecular weight excluding hydrogens is 409 g/mol. The molecule has 156 valence electrons. The number of benzene rings is 2. The zero-order chi connectivity index (χ0) is 22.1. The molecule has 0 saturated carbocycles. The van der Waals surface area contributed by atoms with Gasteiger partial charge in [-0.1, -0.05) is 36.4 Å². The molecule has 0 radical (unpaired) electrons. The van der Waals surface area contributed by atoms with E-state index < -0.39 is 27.5 Å². The van der Waals surface area contributed by atoms with Gasteiger partial charge in [-0.15, -0.1) is 0 Å². The average molecular weight is 429 g/mol. The average Bonchev–Trinajstić information content (AvgIpc) is 3.08. The first-order chi connectivity index (χ1) is 14.1. The van der Waals surface area contributed by atoms with E-state index in [-0.39, 0.29) is 33.3 Å².